The third-order valence-corrected chi connectivity index (χ3v) is 3.61. The molecule has 1 aromatic heterocycles. The number of phenols is 2. The Morgan fingerprint density at radius 2 is 2.05 bits per heavy atom. The fourth-order valence-electron chi connectivity index (χ4n) is 2.20. The molecule has 1 aliphatic carbocycles. The maximum Gasteiger partial charge on any atom is 0.258 e. The predicted octanol–water partition coefficient (Wildman–Crippen LogP) is 2.17. The van der Waals surface area contributed by atoms with Crippen LogP contribution in [0.5, 0.6) is 11.5 Å². The van der Waals surface area contributed by atoms with Crippen molar-refractivity contribution in [2.24, 2.45) is 0 Å². The van der Waals surface area contributed by atoms with Crippen molar-refractivity contribution in [1.29, 1.82) is 0 Å². The molecule has 1 heterocycles. The van der Waals surface area contributed by atoms with Gasteiger partial charge >= 0.3 is 0 Å². The minimum Gasteiger partial charge on any atom is -0.504 e. The van der Waals surface area contributed by atoms with Crippen molar-refractivity contribution in [2.45, 2.75) is 24.9 Å². The summed E-state index contributed by atoms with van der Waals surface area (Å²) in [6.07, 6.45) is 2.84. The second-order valence-corrected chi connectivity index (χ2v) is 4.68. The van der Waals surface area contributed by atoms with Gasteiger partial charge in [-0.1, -0.05) is 5.16 Å². The monoisotopic (exact) mass is 262 g/mol. The van der Waals surface area contributed by atoms with E-state index in [1.165, 1.54) is 12.1 Å². The zero-order valence-corrected chi connectivity index (χ0v) is 10.5. The van der Waals surface area contributed by atoms with Crippen LogP contribution in [0.15, 0.2) is 22.7 Å². The standard InChI is InChI=1S/C13H14N2O4/c1-18-13(5-2-6-13)12-14-11(19-15-12)8-3-4-9(16)10(17)7-8/h3-4,7,16-17H,2,5-6H2,1H3. The fraction of sp³-hybridized carbons (Fsp3) is 0.385. The summed E-state index contributed by atoms with van der Waals surface area (Å²) >= 11 is 0. The van der Waals surface area contributed by atoms with Gasteiger partial charge in [0.2, 0.25) is 5.82 Å². The van der Waals surface area contributed by atoms with Crippen LogP contribution in [0.2, 0.25) is 0 Å². The van der Waals surface area contributed by atoms with Crippen molar-refractivity contribution in [3.63, 3.8) is 0 Å². The topological polar surface area (TPSA) is 88.6 Å². The second-order valence-electron chi connectivity index (χ2n) is 4.68. The highest BCUT2D eigenvalue weighted by molar-refractivity contribution is 5.59. The number of aromatic hydroxyl groups is 2. The van der Waals surface area contributed by atoms with Gasteiger partial charge in [-0.2, -0.15) is 4.98 Å². The molecular formula is C13H14N2O4. The van der Waals surface area contributed by atoms with Gasteiger partial charge in [-0.05, 0) is 37.5 Å². The predicted molar refractivity (Wildman–Crippen MR) is 65.6 cm³/mol. The molecule has 0 amide bonds. The minimum absolute atomic E-state index is 0.184. The molecule has 0 aliphatic heterocycles. The molecule has 6 nitrogen and oxygen atoms in total. The van der Waals surface area contributed by atoms with E-state index in [0.29, 0.717) is 17.3 Å². The number of methoxy groups -OCH3 is 1. The molecule has 0 bridgehead atoms. The lowest BCUT2D eigenvalue weighted by Gasteiger charge is -2.37. The summed E-state index contributed by atoms with van der Waals surface area (Å²) in [4.78, 5) is 4.32. The van der Waals surface area contributed by atoms with Gasteiger partial charge in [0.25, 0.3) is 5.89 Å². The zero-order valence-electron chi connectivity index (χ0n) is 10.5. The summed E-state index contributed by atoms with van der Waals surface area (Å²) in [5.41, 5.74) is 0.125. The van der Waals surface area contributed by atoms with Crippen molar-refractivity contribution in [3.8, 4) is 23.0 Å². The van der Waals surface area contributed by atoms with E-state index < -0.39 is 5.60 Å². The van der Waals surface area contributed by atoms with Crippen LogP contribution in [0.4, 0.5) is 0 Å². The van der Waals surface area contributed by atoms with E-state index in [1.807, 2.05) is 0 Å². The van der Waals surface area contributed by atoms with Crippen molar-refractivity contribution < 1.29 is 19.5 Å². The van der Waals surface area contributed by atoms with Crippen LogP contribution in [0.1, 0.15) is 25.1 Å². The molecule has 2 N–H and O–H groups in total. The van der Waals surface area contributed by atoms with Crippen LogP contribution >= 0.6 is 0 Å². The molecule has 0 unspecified atom stereocenters. The summed E-state index contributed by atoms with van der Waals surface area (Å²) < 4.78 is 10.7. The first-order valence-electron chi connectivity index (χ1n) is 6.06. The van der Waals surface area contributed by atoms with E-state index in [4.69, 9.17) is 9.26 Å². The Bertz CT molecular complexity index is 599. The van der Waals surface area contributed by atoms with E-state index in [-0.39, 0.29) is 11.5 Å². The Balaban J connectivity index is 1.94. The molecule has 0 atom stereocenters. The van der Waals surface area contributed by atoms with Crippen molar-refractivity contribution in [2.75, 3.05) is 7.11 Å². The molecule has 19 heavy (non-hydrogen) atoms. The van der Waals surface area contributed by atoms with Crippen molar-refractivity contribution in [1.82, 2.24) is 10.1 Å². The third kappa shape index (κ3) is 1.84. The highest BCUT2D eigenvalue weighted by Gasteiger charge is 2.43. The fourth-order valence-corrected chi connectivity index (χ4v) is 2.20. The number of aromatic nitrogens is 2. The Labute approximate surface area is 109 Å². The normalized spacial score (nSPS) is 17.1. The maximum atomic E-state index is 9.47. The Morgan fingerprint density at radius 3 is 2.63 bits per heavy atom. The summed E-state index contributed by atoms with van der Waals surface area (Å²) in [6.45, 7) is 0. The molecule has 0 radical (unpaired) electrons. The van der Waals surface area contributed by atoms with E-state index in [9.17, 15) is 10.2 Å². The number of hydrogen-bond acceptors (Lipinski definition) is 6. The van der Waals surface area contributed by atoms with Crippen LogP contribution in [0.25, 0.3) is 11.5 Å². The molecule has 1 aliphatic rings. The van der Waals surface area contributed by atoms with E-state index >= 15 is 0 Å². The molecule has 1 fully saturated rings. The van der Waals surface area contributed by atoms with E-state index in [2.05, 4.69) is 10.1 Å². The Kier molecular flexibility index (Phi) is 2.67. The molecule has 100 valence electrons. The van der Waals surface area contributed by atoms with Gasteiger partial charge in [0.1, 0.15) is 5.60 Å². The molecule has 6 heteroatoms. The Morgan fingerprint density at radius 1 is 1.26 bits per heavy atom. The lowest BCUT2D eigenvalue weighted by Crippen LogP contribution is -2.37. The largest absolute Gasteiger partial charge is 0.504 e. The van der Waals surface area contributed by atoms with Gasteiger partial charge in [0, 0.05) is 12.7 Å². The van der Waals surface area contributed by atoms with Gasteiger partial charge in [-0.15, -0.1) is 0 Å². The van der Waals surface area contributed by atoms with Gasteiger partial charge < -0.3 is 19.5 Å². The smallest absolute Gasteiger partial charge is 0.258 e. The highest BCUT2D eigenvalue weighted by Crippen LogP contribution is 2.43. The first kappa shape index (κ1) is 12.0. The summed E-state index contributed by atoms with van der Waals surface area (Å²) in [7, 11) is 1.64. The maximum absolute atomic E-state index is 9.47. The lowest BCUT2D eigenvalue weighted by atomic mass is 9.79. The van der Waals surface area contributed by atoms with Crippen LogP contribution in [0.3, 0.4) is 0 Å². The average molecular weight is 262 g/mol. The zero-order chi connectivity index (χ0) is 13.5. The minimum atomic E-state index is -0.430. The summed E-state index contributed by atoms with van der Waals surface area (Å²) in [5, 5.41) is 22.7. The van der Waals surface area contributed by atoms with Gasteiger partial charge in [0.05, 0.1) is 0 Å². The summed E-state index contributed by atoms with van der Waals surface area (Å²) in [5.74, 6) is 0.427. The highest BCUT2D eigenvalue weighted by atomic mass is 16.5. The Hall–Kier alpha value is -2.08. The second kappa shape index (κ2) is 4.24. The van der Waals surface area contributed by atoms with Crippen LogP contribution in [-0.2, 0) is 10.3 Å². The lowest BCUT2D eigenvalue weighted by molar-refractivity contribution is -0.0858. The molecule has 0 saturated heterocycles. The molecule has 3 rings (SSSR count). The summed E-state index contributed by atoms with van der Waals surface area (Å²) in [6, 6.07) is 4.36. The van der Waals surface area contributed by atoms with E-state index in [1.54, 1.807) is 13.2 Å². The third-order valence-electron chi connectivity index (χ3n) is 3.61. The first-order valence-corrected chi connectivity index (χ1v) is 6.06. The van der Waals surface area contributed by atoms with Crippen LogP contribution in [-0.4, -0.2) is 27.5 Å². The van der Waals surface area contributed by atoms with E-state index in [0.717, 1.165) is 19.3 Å². The molecule has 1 aromatic carbocycles. The number of hydrogen-bond donors (Lipinski definition) is 2. The van der Waals surface area contributed by atoms with Crippen LogP contribution < -0.4 is 0 Å². The molecule has 2 aromatic rings. The van der Waals surface area contributed by atoms with Gasteiger partial charge in [0.15, 0.2) is 11.5 Å². The van der Waals surface area contributed by atoms with Gasteiger partial charge in [-0.25, -0.2) is 0 Å². The quantitative estimate of drug-likeness (QED) is 0.824. The average Bonchev–Trinajstić information content (AvgIpc) is 2.82. The number of benzene rings is 1. The molecular weight excluding hydrogens is 248 g/mol. The molecule has 0 spiro atoms. The van der Waals surface area contributed by atoms with Crippen LogP contribution in [0, 0.1) is 0 Å². The number of ether oxygens (including phenoxy) is 1. The van der Waals surface area contributed by atoms with Crippen molar-refractivity contribution in [3.05, 3.63) is 24.0 Å². The molecule has 1 saturated carbocycles. The van der Waals surface area contributed by atoms with Crippen molar-refractivity contribution >= 4 is 0 Å². The first-order chi connectivity index (χ1) is 9.14. The van der Waals surface area contributed by atoms with Gasteiger partial charge in [-0.3, -0.25) is 0 Å². The number of nitrogens with zero attached hydrogens (tertiary/aromatic N) is 2. The number of rotatable bonds is 3. The SMILES string of the molecule is COC1(c2noc(-c3ccc(O)c(O)c3)n2)CCC1. The number of phenolic OH excluding ortho intramolecular Hbond substituents is 2.